The van der Waals surface area contributed by atoms with Crippen LogP contribution in [0.5, 0.6) is 0 Å². The first-order valence-corrected chi connectivity index (χ1v) is 6.34. The van der Waals surface area contributed by atoms with Crippen molar-refractivity contribution in [2.75, 3.05) is 6.61 Å². The predicted molar refractivity (Wildman–Crippen MR) is 63.4 cm³/mol. The monoisotopic (exact) mass is 214 g/mol. The lowest BCUT2D eigenvalue weighted by molar-refractivity contribution is 0.0986. The van der Waals surface area contributed by atoms with Crippen LogP contribution in [0.4, 0.5) is 0 Å². The summed E-state index contributed by atoms with van der Waals surface area (Å²) in [7, 11) is 0. The first kappa shape index (κ1) is 12.9. The van der Waals surface area contributed by atoms with Crippen LogP contribution < -0.4 is 11.3 Å². The number of ether oxygens (including phenoxy) is 1. The van der Waals surface area contributed by atoms with E-state index in [9.17, 15) is 0 Å². The average molecular weight is 214 g/mol. The molecule has 3 N–H and O–H groups in total. The van der Waals surface area contributed by atoms with Gasteiger partial charge in [0.25, 0.3) is 0 Å². The minimum atomic E-state index is 0.462. The van der Waals surface area contributed by atoms with Gasteiger partial charge in [-0.2, -0.15) is 0 Å². The summed E-state index contributed by atoms with van der Waals surface area (Å²) in [5.74, 6) is 6.33. The number of nitrogens with one attached hydrogen (secondary N) is 1. The van der Waals surface area contributed by atoms with E-state index in [4.69, 9.17) is 10.6 Å². The number of hydrogen-bond donors (Lipinski definition) is 2. The third-order valence-electron chi connectivity index (χ3n) is 3.48. The molecule has 0 spiro atoms. The summed E-state index contributed by atoms with van der Waals surface area (Å²) in [5, 5.41) is 0. The van der Waals surface area contributed by atoms with Crippen LogP contribution >= 0.6 is 0 Å². The molecule has 3 atom stereocenters. The molecule has 0 aromatic carbocycles. The van der Waals surface area contributed by atoms with Crippen molar-refractivity contribution in [2.45, 2.75) is 64.5 Å². The van der Waals surface area contributed by atoms with Gasteiger partial charge in [-0.05, 0) is 38.0 Å². The van der Waals surface area contributed by atoms with Gasteiger partial charge in [0.2, 0.25) is 0 Å². The van der Waals surface area contributed by atoms with Crippen LogP contribution in [0.25, 0.3) is 0 Å². The molecule has 0 saturated carbocycles. The fraction of sp³-hybridized carbons (Fsp3) is 1.00. The molecule has 0 bridgehead atoms. The second-order valence-corrected chi connectivity index (χ2v) is 4.83. The molecule has 1 fully saturated rings. The summed E-state index contributed by atoms with van der Waals surface area (Å²) in [6.07, 6.45) is 7.68. The Kier molecular flexibility index (Phi) is 6.22. The van der Waals surface area contributed by atoms with E-state index in [1.165, 1.54) is 25.7 Å². The fourth-order valence-electron chi connectivity index (χ4n) is 2.18. The van der Waals surface area contributed by atoms with Crippen LogP contribution in [-0.2, 0) is 4.74 Å². The Hall–Kier alpha value is -0.120. The molecule has 0 radical (unpaired) electrons. The van der Waals surface area contributed by atoms with E-state index in [-0.39, 0.29) is 0 Å². The zero-order chi connectivity index (χ0) is 11.1. The summed E-state index contributed by atoms with van der Waals surface area (Å²) in [5.41, 5.74) is 2.94. The lowest BCUT2D eigenvalue weighted by atomic mass is 9.95. The second kappa shape index (κ2) is 7.20. The van der Waals surface area contributed by atoms with Crippen molar-refractivity contribution in [2.24, 2.45) is 11.8 Å². The van der Waals surface area contributed by atoms with Gasteiger partial charge >= 0.3 is 0 Å². The Morgan fingerprint density at radius 3 is 2.87 bits per heavy atom. The largest absolute Gasteiger partial charge is 0.378 e. The van der Waals surface area contributed by atoms with E-state index < -0.39 is 0 Å². The normalized spacial score (nSPS) is 25.4. The number of rotatable bonds is 7. The highest BCUT2D eigenvalue weighted by Gasteiger charge is 2.18. The minimum Gasteiger partial charge on any atom is -0.378 e. The summed E-state index contributed by atoms with van der Waals surface area (Å²) < 4.78 is 5.61. The summed E-state index contributed by atoms with van der Waals surface area (Å²) >= 11 is 0. The molecule has 3 nitrogen and oxygen atoms in total. The van der Waals surface area contributed by atoms with Crippen molar-refractivity contribution in [3.63, 3.8) is 0 Å². The molecule has 90 valence electrons. The molecule has 1 aliphatic rings. The molecule has 1 aliphatic heterocycles. The maximum Gasteiger partial charge on any atom is 0.0576 e. The zero-order valence-corrected chi connectivity index (χ0v) is 10.2. The van der Waals surface area contributed by atoms with Gasteiger partial charge in [0.05, 0.1) is 6.10 Å². The van der Waals surface area contributed by atoms with Gasteiger partial charge in [-0.1, -0.05) is 20.3 Å². The Morgan fingerprint density at radius 1 is 1.53 bits per heavy atom. The number of hydrazine groups is 1. The fourth-order valence-corrected chi connectivity index (χ4v) is 2.18. The van der Waals surface area contributed by atoms with Crippen LogP contribution in [0, 0.1) is 5.92 Å². The Morgan fingerprint density at radius 2 is 2.33 bits per heavy atom. The lowest BCUT2D eigenvalue weighted by Crippen LogP contribution is -2.36. The van der Waals surface area contributed by atoms with E-state index >= 15 is 0 Å². The molecule has 1 rings (SSSR count). The van der Waals surface area contributed by atoms with Crippen molar-refractivity contribution >= 4 is 0 Å². The minimum absolute atomic E-state index is 0.462. The van der Waals surface area contributed by atoms with E-state index in [1.54, 1.807) is 0 Å². The average Bonchev–Trinajstić information content (AvgIpc) is 2.76. The van der Waals surface area contributed by atoms with Crippen molar-refractivity contribution in [3.05, 3.63) is 0 Å². The molecular formula is C12H26N2O. The molecule has 0 aromatic rings. The molecule has 1 heterocycles. The highest BCUT2D eigenvalue weighted by molar-refractivity contribution is 4.72. The van der Waals surface area contributed by atoms with Crippen molar-refractivity contribution in [1.82, 2.24) is 5.43 Å². The first-order chi connectivity index (χ1) is 7.26. The first-order valence-electron chi connectivity index (χ1n) is 6.34. The lowest BCUT2D eigenvalue weighted by Gasteiger charge is -2.20. The number of hydrogen-bond acceptors (Lipinski definition) is 3. The Balaban J connectivity index is 2.14. The SMILES string of the molecule is CCC(C)CC(CCC1CCCO1)NN. The molecule has 1 saturated heterocycles. The summed E-state index contributed by atoms with van der Waals surface area (Å²) in [4.78, 5) is 0. The van der Waals surface area contributed by atoms with Crippen LogP contribution in [0.3, 0.4) is 0 Å². The third kappa shape index (κ3) is 4.96. The molecule has 0 amide bonds. The molecule has 3 unspecified atom stereocenters. The highest BCUT2D eigenvalue weighted by atomic mass is 16.5. The maximum atomic E-state index is 5.61. The Bertz CT molecular complexity index is 158. The van der Waals surface area contributed by atoms with E-state index in [2.05, 4.69) is 19.3 Å². The van der Waals surface area contributed by atoms with Gasteiger partial charge in [0.1, 0.15) is 0 Å². The smallest absolute Gasteiger partial charge is 0.0576 e. The highest BCUT2D eigenvalue weighted by Crippen LogP contribution is 2.20. The third-order valence-corrected chi connectivity index (χ3v) is 3.48. The summed E-state index contributed by atoms with van der Waals surface area (Å²) in [6, 6.07) is 0.462. The van der Waals surface area contributed by atoms with Crippen LogP contribution in [-0.4, -0.2) is 18.8 Å². The predicted octanol–water partition coefficient (Wildman–Crippen LogP) is 2.21. The standard InChI is InChI=1S/C12H26N2O/c1-3-10(2)9-11(14-13)6-7-12-5-4-8-15-12/h10-12,14H,3-9,13H2,1-2H3. The van der Waals surface area contributed by atoms with Gasteiger partial charge in [0.15, 0.2) is 0 Å². The summed E-state index contributed by atoms with van der Waals surface area (Å²) in [6.45, 7) is 5.48. The van der Waals surface area contributed by atoms with Crippen molar-refractivity contribution in [1.29, 1.82) is 0 Å². The van der Waals surface area contributed by atoms with Crippen LogP contribution in [0.15, 0.2) is 0 Å². The van der Waals surface area contributed by atoms with Crippen LogP contribution in [0.2, 0.25) is 0 Å². The van der Waals surface area contributed by atoms with Crippen LogP contribution in [0.1, 0.15) is 52.4 Å². The van der Waals surface area contributed by atoms with E-state index in [0.717, 1.165) is 25.4 Å². The van der Waals surface area contributed by atoms with Gasteiger partial charge in [-0.25, -0.2) is 0 Å². The van der Waals surface area contributed by atoms with Gasteiger partial charge in [-0.3, -0.25) is 11.3 Å². The number of nitrogens with two attached hydrogens (primary N) is 1. The Labute approximate surface area is 93.7 Å². The maximum absolute atomic E-state index is 5.61. The molecule has 15 heavy (non-hydrogen) atoms. The quantitative estimate of drug-likeness (QED) is 0.504. The second-order valence-electron chi connectivity index (χ2n) is 4.83. The molecule has 0 aliphatic carbocycles. The molecular weight excluding hydrogens is 188 g/mol. The van der Waals surface area contributed by atoms with E-state index in [1.807, 2.05) is 0 Å². The van der Waals surface area contributed by atoms with Gasteiger partial charge in [0, 0.05) is 12.6 Å². The van der Waals surface area contributed by atoms with Crippen molar-refractivity contribution in [3.8, 4) is 0 Å². The molecule has 3 heteroatoms. The van der Waals surface area contributed by atoms with Gasteiger partial charge < -0.3 is 4.74 Å². The van der Waals surface area contributed by atoms with Crippen molar-refractivity contribution < 1.29 is 4.74 Å². The molecule has 0 aromatic heterocycles. The van der Waals surface area contributed by atoms with E-state index in [0.29, 0.717) is 12.1 Å². The van der Waals surface area contributed by atoms with Gasteiger partial charge in [-0.15, -0.1) is 0 Å². The zero-order valence-electron chi connectivity index (χ0n) is 10.2. The topological polar surface area (TPSA) is 47.3 Å².